The number of hydroxylamine groups is 1. The van der Waals surface area contributed by atoms with Crippen molar-refractivity contribution in [2.45, 2.75) is 90.3 Å². The third-order valence-corrected chi connectivity index (χ3v) is 6.12. The van der Waals surface area contributed by atoms with Gasteiger partial charge in [-0.15, -0.1) is 0 Å². The summed E-state index contributed by atoms with van der Waals surface area (Å²) < 4.78 is 14.1. The first-order chi connectivity index (χ1) is 13.6. The van der Waals surface area contributed by atoms with Crippen molar-refractivity contribution in [3.63, 3.8) is 0 Å². The average Bonchev–Trinajstić information content (AvgIpc) is 3.25. The van der Waals surface area contributed by atoms with E-state index < -0.39 is 6.17 Å². The summed E-state index contributed by atoms with van der Waals surface area (Å²) >= 11 is 0. The van der Waals surface area contributed by atoms with Gasteiger partial charge >= 0.3 is 0 Å². The number of aliphatic imine (C=N–C) groups is 1. The molecule has 0 bridgehead atoms. The predicted octanol–water partition coefficient (Wildman–Crippen LogP) is 1.35. The van der Waals surface area contributed by atoms with Gasteiger partial charge in [0.15, 0.2) is 5.96 Å². The summed E-state index contributed by atoms with van der Waals surface area (Å²) in [7, 11) is 0. The van der Waals surface area contributed by atoms with Crippen molar-refractivity contribution in [1.82, 2.24) is 27.0 Å². The number of halogens is 1. The van der Waals surface area contributed by atoms with Gasteiger partial charge in [0.25, 0.3) is 0 Å². The van der Waals surface area contributed by atoms with E-state index in [4.69, 9.17) is 9.83 Å². The van der Waals surface area contributed by atoms with Crippen LogP contribution in [0.1, 0.15) is 60.3 Å². The number of hydrogen-bond acceptors (Lipinski definition) is 6. The lowest BCUT2D eigenvalue weighted by Crippen LogP contribution is -2.52. The molecule has 7 unspecified atom stereocenters. The molecule has 8 nitrogen and oxygen atoms in total. The molecule has 1 aliphatic carbocycles. The number of nitrogens with one attached hydrogen (secondary N) is 5. The molecule has 29 heavy (non-hydrogen) atoms. The largest absolute Gasteiger partial charge is 0.351 e. The average molecular weight is 413 g/mol. The molecule has 7 atom stereocenters. The Morgan fingerprint density at radius 1 is 1.17 bits per heavy atom. The van der Waals surface area contributed by atoms with E-state index in [0.29, 0.717) is 24.8 Å². The lowest BCUT2D eigenvalue weighted by atomic mass is 9.77. The molecule has 3 fully saturated rings. The number of guanidine groups is 1. The first-order valence-electron chi connectivity index (χ1n) is 10.8. The van der Waals surface area contributed by atoms with Crippen molar-refractivity contribution < 1.29 is 14.0 Å². The molecule has 0 spiro atoms. The van der Waals surface area contributed by atoms with Gasteiger partial charge < -0.3 is 5.32 Å². The summed E-state index contributed by atoms with van der Waals surface area (Å²) in [5, 5.41) is 6.22. The van der Waals surface area contributed by atoms with Gasteiger partial charge in [0.1, 0.15) is 12.3 Å². The number of rotatable bonds is 3. The van der Waals surface area contributed by atoms with Crippen LogP contribution in [0, 0.1) is 17.8 Å². The van der Waals surface area contributed by atoms with Crippen LogP contribution in [-0.2, 0) is 9.63 Å². The molecule has 2 saturated heterocycles. The van der Waals surface area contributed by atoms with Crippen molar-refractivity contribution in [2.75, 3.05) is 6.54 Å². The number of alkyl halides is 1. The maximum atomic E-state index is 14.1. The van der Waals surface area contributed by atoms with E-state index >= 15 is 0 Å². The van der Waals surface area contributed by atoms with Crippen molar-refractivity contribution in [3.05, 3.63) is 0 Å². The van der Waals surface area contributed by atoms with E-state index in [0.717, 1.165) is 19.3 Å². The minimum absolute atomic E-state index is 0.123. The fraction of sp³-hybridized carbons (Fsp3) is 0.900. The van der Waals surface area contributed by atoms with Gasteiger partial charge in [0, 0.05) is 24.5 Å². The molecular weight excluding hydrogens is 375 g/mol. The molecule has 9 heteroatoms. The Bertz CT molecular complexity index is 610. The maximum Gasteiger partial charge on any atom is 0.233 e. The van der Waals surface area contributed by atoms with Crippen LogP contribution < -0.4 is 27.0 Å². The Labute approximate surface area is 173 Å². The molecule has 166 valence electrons. The number of amides is 1. The van der Waals surface area contributed by atoms with E-state index in [-0.39, 0.29) is 41.6 Å². The molecule has 1 amide bonds. The summed E-state index contributed by atoms with van der Waals surface area (Å²) in [5.41, 5.74) is 9.03. The van der Waals surface area contributed by atoms with Crippen LogP contribution in [0.3, 0.4) is 0 Å². The van der Waals surface area contributed by atoms with E-state index in [2.05, 4.69) is 27.0 Å². The molecule has 0 aromatic rings. The highest BCUT2D eigenvalue weighted by molar-refractivity contribution is 5.98. The van der Waals surface area contributed by atoms with Crippen LogP contribution in [0.2, 0.25) is 0 Å². The molecule has 3 rings (SSSR count). The molecule has 2 aliphatic heterocycles. The Morgan fingerprint density at radius 3 is 2.55 bits per heavy atom. The normalized spacial score (nSPS) is 38.8. The topological polar surface area (TPSA) is 98.8 Å². The fourth-order valence-electron chi connectivity index (χ4n) is 4.26. The van der Waals surface area contributed by atoms with Gasteiger partial charge in [-0.05, 0) is 58.8 Å². The van der Waals surface area contributed by atoms with Gasteiger partial charge in [0.05, 0.1) is 12.0 Å². The molecular formula is C20H37FN6O2. The molecule has 0 radical (unpaired) electrons. The SMILES string of the molecule is CC1CCC(C2CC(/N=C(/NC(=O)C3CNOC3C)NC(C)(C)C)NN2)CC1F. The first-order valence-corrected chi connectivity index (χ1v) is 10.8. The molecule has 1 saturated carbocycles. The molecule has 0 aromatic carbocycles. The highest BCUT2D eigenvalue weighted by Gasteiger charge is 2.37. The highest BCUT2D eigenvalue weighted by Crippen LogP contribution is 2.34. The second-order valence-electron chi connectivity index (χ2n) is 9.83. The van der Waals surface area contributed by atoms with Crippen LogP contribution in [0.4, 0.5) is 4.39 Å². The number of carbonyl (C=O) groups excluding carboxylic acids is 1. The van der Waals surface area contributed by atoms with Crippen LogP contribution in [0.15, 0.2) is 4.99 Å². The van der Waals surface area contributed by atoms with E-state index in [1.54, 1.807) is 0 Å². The second kappa shape index (κ2) is 9.24. The maximum absolute atomic E-state index is 14.1. The molecule has 3 aliphatic rings. The van der Waals surface area contributed by atoms with E-state index in [1.165, 1.54) is 0 Å². The van der Waals surface area contributed by atoms with Gasteiger partial charge in [-0.1, -0.05) is 6.92 Å². The van der Waals surface area contributed by atoms with Crippen LogP contribution >= 0.6 is 0 Å². The zero-order chi connectivity index (χ0) is 21.2. The molecule has 5 N–H and O–H groups in total. The number of carbonyl (C=O) groups is 1. The molecule has 2 heterocycles. The lowest BCUT2D eigenvalue weighted by molar-refractivity contribution is -0.124. The van der Waals surface area contributed by atoms with Crippen LogP contribution in [0.5, 0.6) is 0 Å². The summed E-state index contributed by atoms with van der Waals surface area (Å²) in [5.74, 6) is 0.521. The summed E-state index contributed by atoms with van der Waals surface area (Å²) in [6, 6.07) is 0.188. The number of nitrogens with zero attached hydrogens (tertiary/aromatic N) is 1. The quantitative estimate of drug-likeness (QED) is 0.355. The lowest BCUT2D eigenvalue weighted by Gasteiger charge is -2.32. The third-order valence-electron chi connectivity index (χ3n) is 6.12. The van der Waals surface area contributed by atoms with Crippen LogP contribution in [-0.4, -0.2) is 48.4 Å². The Hall–Kier alpha value is -1.29. The van der Waals surface area contributed by atoms with Crippen molar-refractivity contribution in [1.29, 1.82) is 0 Å². The van der Waals surface area contributed by atoms with Crippen molar-refractivity contribution in [2.24, 2.45) is 22.7 Å². The zero-order valence-electron chi connectivity index (χ0n) is 18.2. The van der Waals surface area contributed by atoms with E-state index in [9.17, 15) is 9.18 Å². The van der Waals surface area contributed by atoms with Gasteiger partial charge in [-0.2, -0.15) is 0 Å². The minimum Gasteiger partial charge on any atom is -0.351 e. The zero-order valence-corrected chi connectivity index (χ0v) is 18.2. The van der Waals surface area contributed by atoms with Gasteiger partial charge in [-0.25, -0.2) is 20.3 Å². The monoisotopic (exact) mass is 412 g/mol. The fourth-order valence-corrected chi connectivity index (χ4v) is 4.26. The smallest absolute Gasteiger partial charge is 0.233 e. The first kappa shape index (κ1) is 22.4. The second-order valence-corrected chi connectivity index (χ2v) is 9.83. The summed E-state index contributed by atoms with van der Waals surface area (Å²) in [4.78, 5) is 22.7. The predicted molar refractivity (Wildman–Crippen MR) is 110 cm³/mol. The summed E-state index contributed by atoms with van der Waals surface area (Å²) in [6.07, 6.45) is 2.24. The third kappa shape index (κ3) is 6.10. The molecule has 0 aromatic heterocycles. The van der Waals surface area contributed by atoms with E-state index in [1.807, 2.05) is 34.6 Å². The highest BCUT2D eigenvalue weighted by atomic mass is 19.1. The van der Waals surface area contributed by atoms with Gasteiger partial charge in [0.2, 0.25) is 5.91 Å². The van der Waals surface area contributed by atoms with Crippen molar-refractivity contribution >= 4 is 11.9 Å². The minimum atomic E-state index is -0.722. The summed E-state index contributed by atoms with van der Waals surface area (Å²) in [6.45, 7) is 10.4. The van der Waals surface area contributed by atoms with Crippen molar-refractivity contribution in [3.8, 4) is 0 Å². The standard InChI is InChI=1S/C20H37FN6O2/c1-11-6-7-13(8-15(11)21)16-9-17(27-26-16)23-19(25-20(3,4)5)24-18(28)14-10-22-29-12(14)2/h11-17,22,26-27H,6-10H2,1-5H3,(H2,23,24,25,28). The number of hydrogen-bond donors (Lipinski definition) is 5. The Balaban J connectivity index is 1.62. The van der Waals surface area contributed by atoms with Gasteiger partial charge in [-0.3, -0.25) is 20.4 Å². The van der Waals surface area contributed by atoms with Crippen LogP contribution in [0.25, 0.3) is 0 Å². The Morgan fingerprint density at radius 2 is 1.93 bits per heavy atom. The number of hydrazine groups is 1. The Kier molecular flexibility index (Phi) is 7.14.